The van der Waals surface area contributed by atoms with Crippen molar-refractivity contribution in [3.05, 3.63) is 65.2 Å². The molecule has 1 aliphatic carbocycles. The van der Waals surface area contributed by atoms with Crippen LogP contribution in [0.3, 0.4) is 0 Å². The summed E-state index contributed by atoms with van der Waals surface area (Å²) < 4.78 is 29.3. The predicted octanol–water partition coefficient (Wildman–Crippen LogP) is 4.22. The van der Waals surface area contributed by atoms with Gasteiger partial charge < -0.3 is 10.2 Å². The van der Waals surface area contributed by atoms with Crippen LogP contribution in [0.1, 0.15) is 51.0 Å². The van der Waals surface area contributed by atoms with E-state index in [4.69, 9.17) is 11.6 Å². The molecule has 0 unspecified atom stereocenters. The molecule has 36 heavy (non-hydrogen) atoms. The van der Waals surface area contributed by atoms with Gasteiger partial charge in [-0.15, -0.1) is 0 Å². The van der Waals surface area contributed by atoms with Crippen molar-refractivity contribution >= 4 is 33.4 Å². The molecule has 2 amide bonds. The summed E-state index contributed by atoms with van der Waals surface area (Å²) in [7, 11) is -3.83. The van der Waals surface area contributed by atoms with Crippen molar-refractivity contribution in [2.75, 3.05) is 13.1 Å². The molecule has 1 saturated carbocycles. The van der Waals surface area contributed by atoms with Crippen LogP contribution in [-0.2, 0) is 26.2 Å². The summed E-state index contributed by atoms with van der Waals surface area (Å²) in [5.41, 5.74) is 0.832. The van der Waals surface area contributed by atoms with Gasteiger partial charge in [-0.2, -0.15) is 4.31 Å². The van der Waals surface area contributed by atoms with Crippen molar-refractivity contribution in [2.24, 2.45) is 5.92 Å². The minimum Gasteiger partial charge on any atom is -0.351 e. The van der Waals surface area contributed by atoms with Gasteiger partial charge in [0, 0.05) is 43.7 Å². The summed E-state index contributed by atoms with van der Waals surface area (Å²) in [4.78, 5) is 27.1. The average molecular weight is 532 g/mol. The Labute approximate surface area is 218 Å². The number of nitrogens with zero attached hydrogens (tertiary/aromatic N) is 2. The Morgan fingerprint density at radius 1 is 1.00 bits per heavy atom. The van der Waals surface area contributed by atoms with E-state index in [1.165, 1.54) is 6.92 Å². The number of piperidine rings is 1. The van der Waals surface area contributed by atoms with Crippen LogP contribution < -0.4 is 5.32 Å². The second kappa shape index (κ2) is 11.8. The molecular formula is C27H34ClN3O4S. The van der Waals surface area contributed by atoms with Gasteiger partial charge in [0.25, 0.3) is 0 Å². The number of likely N-dealkylation sites (tertiary alicyclic amines) is 1. The molecule has 1 aliphatic heterocycles. The lowest BCUT2D eigenvalue weighted by Crippen LogP contribution is -2.56. The van der Waals surface area contributed by atoms with E-state index < -0.39 is 10.0 Å². The Bertz CT molecular complexity index is 1160. The van der Waals surface area contributed by atoms with Gasteiger partial charge in [0.2, 0.25) is 21.8 Å². The molecule has 9 heteroatoms. The maximum atomic E-state index is 13.9. The first kappa shape index (κ1) is 26.6. The van der Waals surface area contributed by atoms with Crippen LogP contribution >= 0.6 is 11.6 Å². The predicted molar refractivity (Wildman–Crippen MR) is 140 cm³/mol. The van der Waals surface area contributed by atoms with Gasteiger partial charge in [-0.3, -0.25) is 9.59 Å². The third-order valence-electron chi connectivity index (χ3n) is 7.27. The highest BCUT2D eigenvalue weighted by Crippen LogP contribution is 2.31. The Balaban J connectivity index is 1.60. The van der Waals surface area contributed by atoms with E-state index in [0.29, 0.717) is 31.0 Å². The Morgan fingerprint density at radius 3 is 2.39 bits per heavy atom. The molecule has 194 valence electrons. The molecule has 7 nitrogen and oxygen atoms in total. The molecule has 1 N–H and O–H groups in total. The normalized spacial score (nSPS) is 22.9. The number of sulfonamides is 1. The lowest BCUT2D eigenvalue weighted by molar-refractivity contribution is -0.134. The number of hydrogen-bond donors (Lipinski definition) is 1. The molecule has 3 atom stereocenters. The zero-order valence-corrected chi connectivity index (χ0v) is 22.2. The first-order chi connectivity index (χ1) is 17.3. The molecule has 0 spiro atoms. The minimum atomic E-state index is -3.83. The van der Waals surface area contributed by atoms with E-state index in [2.05, 4.69) is 5.32 Å². The zero-order valence-electron chi connectivity index (χ0n) is 20.6. The molecule has 0 radical (unpaired) electrons. The number of halogens is 1. The zero-order chi connectivity index (χ0) is 25.7. The van der Waals surface area contributed by atoms with Gasteiger partial charge in [-0.05, 0) is 55.5 Å². The smallest absolute Gasteiger partial charge is 0.243 e. The molecule has 2 aromatic rings. The van der Waals surface area contributed by atoms with E-state index in [-0.39, 0.29) is 41.3 Å². The van der Waals surface area contributed by atoms with Crippen molar-refractivity contribution in [1.29, 1.82) is 0 Å². The molecule has 0 aromatic heterocycles. The van der Waals surface area contributed by atoms with Gasteiger partial charge in [0.15, 0.2) is 0 Å². The molecule has 1 heterocycles. The molecule has 2 fully saturated rings. The summed E-state index contributed by atoms with van der Waals surface area (Å²) >= 11 is 6.06. The molecule has 2 aromatic carbocycles. The highest BCUT2D eigenvalue weighted by molar-refractivity contribution is 7.89. The number of rotatable bonds is 7. The van der Waals surface area contributed by atoms with Gasteiger partial charge in [0.1, 0.15) is 0 Å². The summed E-state index contributed by atoms with van der Waals surface area (Å²) in [6, 6.07) is 15.0. The lowest BCUT2D eigenvalue weighted by atomic mass is 9.88. The number of carbonyl (C=O) groups is 2. The van der Waals surface area contributed by atoms with E-state index in [1.807, 2.05) is 12.1 Å². The van der Waals surface area contributed by atoms with Crippen molar-refractivity contribution in [1.82, 2.24) is 14.5 Å². The Morgan fingerprint density at radius 2 is 1.69 bits per heavy atom. The van der Waals surface area contributed by atoms with Gasteiger partial charge in [-0.1, -0.05) is 54.8 Å². The van der Waals surface area contributed by atoms with Crippen LogP contribution in [0.15, 0.2) is 59.5 Å². The fourth-order valence-electron chi connectivity index (χ4n) is 5.28. The molecule has 1 saturated heterocycles. The van der Waals surface area contributed by atoms with E-state index >= 15 is 0 Å². The van der Waals surface area contributed by atoms with Crippen LogP contribution in [-0.4, -0.2) is 54.6 Å². The average Bonchev–Trinajstić information content (AvgIpc) is 2.89. The third-order valence-corrected chi connectivity index (χ3v) is 9.40. The maximum Gasteiger partial charge on any atom is 0.243 e. The highest BCUT2D eigenvalue weighted by Gasteiger charge is 2.39. The largest absolute Gasteiger partial charge is 0.351 e. The number of carbonyl (C=O) groups excluding carboxylic acids is 2. The Kier molecular flexibility index (Phi) is 8.70. The van der Waals surface area contributed by atoms with Crippen LogP contribution in [0.25, 0.3) is 0 Å². The fraction of sp³-hybridized carbons (Fsp3) is 0.481. The monoisotopic (exact) mass is 531 g/mol. The van der Waals surface area contributed by atoms with Gasteiger partial charge in [-0.25, -0.2) is 8.42 Å². The topological polar surface area (TPSA) is 86.8 Å². The van der Waals surface area contributed by atoms with Crippen LogP contribution in [0.4, 0.5) is 0 Å². The Hall–Kier alpha value is -2.42. The first-order valence-electron chi connectivity index (χ1n) is 12.6. The van der Waals surface area contributed by atoms with Crippen molar-refractivity contribution in [3.63, 3.8) is 0 Å². The minimum absolute atomic E-state index is 0.0221. The molecular weight excluding hydrogens is 498 g/mol. The fourth-order valence-corrected chi connectivity index (χ4v) is 7.11. The summed E-state index contributed by atoms with van der Waals surface area (Å²) in [5, 5.41) is 3.78. The van der Waals surface area contributed by atoms with E-state index in [1.54, 1.807) is 51.7 Å². The second-order valence-electron chi connectivity index (χ2n) is 9.76. The maximum absolute atomic E-state index is 13.9. The molecule has 0 bridgehead atoms. The second-order valence-corrected chi connectivity index (χ2v) is 12.1. The number of nitrogens with one attached hydrogen (secondary N) is 1. The molecule has 2 aliphatic rings. The van der Waals surface area contributed by atoms with Gasteiger partial charge >= 0.3 is 0 Å². The van der Waals surface area contributed by atoms with E-state index in [9.17, 15) is 18.0 Å². The number of hydrogen-bond acceptors (Lipinski definition) is 4. The van der Waals surface area contributed by atoms with Crippen LogP contribution in [0.5, 0.6) is 0 Å². The quantitative estimate of drug-likeness (QED) is 0.579. The SMILES string of the molecule is CC(=O)N1CCC[C@H](C(=O)N[C@@H]2CCCC[C@H]2N(Cc2ccc(Cl)cc2)S(=O)(=O)c2ccccc2)C1. The number of amides is 2. The van der Waals surface area contributed by atoms with Crippen LogP contribution in [0, 0.1) is 5.92 Å². The van der Waals surface area contributed by atoms with Crippen molar-refractivity contribution < 1.29 is 18.0 Å². The van der Waals surface area contributed by atoms with E-state index in [0.717, 1.165) is 31.2 Å². The van der Waals surface area contributed by atoms with Crippen molar-refractivity contribution in [2.45, 2.75) is 69.0 Å². The summed E-state index contributed by atoms with van der Waals surface area (Å²) in [5.74, 6) is -0.395. The van der Waals surface area contributed by atoms with Crippen molar-refractivity contribution in [3.8, 4) is 0 Å². The number of benzene rings is 2. The lowest BCUT2D eigenvalue weighted by Gasteiger charge is -2.40. The van der Waals surface area contributed by atoms with Gasteiger partial charge in [0.05, 0.1) is 10.8 Å². The summed E-state index contributed by atoms with van der Waals surface area (Å²) in [6.07, 6.45) is 4.70. The molecule has 4 rings (SSSR count). The third kappa shape index (κ3) is 6.28. The first-order valence-corrected chi connectivity index (χ1v) is 14.4. The van der Waals surface area contributed by atoms with Crippen LogP contribution in [0.2, 0.25) is 5.02 Å². The standard InChI is InChI=1S/C27H34ClN3O4S/c1-20(32)30-17-7-8-22(19-30)27(33)29-25-11-5-6-12-26(25)31(18-21-13-15-23(28)16-14-21)36(34,35)24-9-3-2-4-10-24/h2-4,9-10,13-16,22,25-26H,5-8,11-12,17-19H2,1H3,(H,29,33)/t22-,25+,26+/m0/s1. The summed E-state index contributed by atoms with van der Waals surface area (Å²) in [6.45, 7) is 2.80. The highest BCUT2D eigenvalue weighted by atomic mass is 35.5.